The average Bonchev–Trinajstić information content (AvgIpc) is 2.61. The van der Waals surface area contributed by atoms with Crippen molar-refractivity contribution < 1.29 is 4.39 Å². The van der Waals surface area contributed by atoms with Crippen LogP contribution in [0.4, 0.5) is 4.39 Å². The molecule has 0 fully saturated rings. The van der Waals surface area contributed by atoms with Gasteiger partial charge in [0.05, 0.1) is 5.56 Å². The van der Waals surface area contributed by atoms with Crippen molar-refractivity contribution in [2.45, 2.75) is 58.3 Å². The Bertz CT molecular complexity index is 658. The van der Waals surface area contributed by atoms with Crippen molar-refractivity contribution in [2.24, 2.45) is 0 Å². The highest BCUT2D eigenvalue weighted by atomic mass is 19.1. The van der Waals surface area contributed by atoms with Crippen molar-refractivity contribution in [1.82, 2.24) is 0 Å². The minimum absolute atomic E-state index is 0.263. The Hall–Kier alpha value is -2.07. The molecule has 2 aromatic rings. The van der Waals surface area contributed by atoms with Crippen molar-refractivity contribution in [3.8, 4) is 11.8 Å². The maximum absolute atomic E-state index is 13.5. The average molecular weight is 322 g/mol. The van der Waals surface area contributed by atoms with E-state index in [1.165, 1.54) is 56.6 Å². The van der Waals surface area contributed by atoms with Gasteiger partial charge in [-0.05, 0) is 42.7 Å². The summed E-state index contributed by atoms with van der Waals surface area (Å²) in [6.45, 7) is 2.25. The SMILES string of the molecule is CCCCCCCCCc1ccc(C#Cc2ccccc2F)cc1. The van der Waals surface area contributed by atoms with Gasteiger partial charge in [0.25, 0.3) is 0 Å². The van der Waals surface area contributed by atoms with Gasteiger partial charge in [-0.15, -0.1) is 0 Å². The van der Waals surface area contributed by atoms with Crippen LogP contribution in [-0.4, -0.2) is 0 Å². The second-order valence-electron chi connectivity index (χ2n) is 6.30. The van der Waals surface area contributed by atoms with E-state index < -0.39 is 0 Å². The van der Waals surface area contributed by atoms with Crippen molar-refractivity contribution >= 4 is 0 Å². The van der Waals surface area contributed by atoms with Crippen LogP contribution in [0.3, 0.4) is 0 Å². The van der Waals surface area contributed by atoms with Gasteiger partial charge in [0.1, 0.15) is 5.82 Å². The maximum atomic E-state index is 13.5. The lowest BCUT2D eigenvalue weighted by Crippen LogP contribution is -1.87. The summed E-state index contributed by atoms with van der Waals surface area (Å²) >= 11 is 0. The number of hydrogen-bond acceptors (Lipinski definition) is 0. The predicted molar refractivity (Wildman–Crippen MR) is 101 cm³/mol. The zero-order valence-corrected chi connectivity index (χ0v) is 14.7. The summed E-state index contributed by atoms with van der Waals surface area (Å²) in [5.41, 5.74) is 2.74. The molecule has 0 saturated heterocycles. The van der Waals surface area contributed by atoms with Crippen molar-refractivity contribution in [3.63, 3.8) is 0 Å². The summed E-state index contributed by atoms with van der Waals surface area (Å²) in [5, 5.41) is 0. The third-order valence-corrected chi connectivity index (χ3v) is 4.24. The molecule has 0 amide bonds. The zero-order valence-electron chi connectivity index (χ0n) is 14.7. The van der Waals surface area contributed by atoms with Crippen LogP contribution in [0, 0.1) is 17.7 Å². The van der Waals surface area contributed by atoms with E-state index in [0.717, 1.165) is 12.0 Å². The summed E-state index contributed by atoms with van der Waals surface area (Å²) in [4.78, 5) is 0. The van der Waals surface area contributed by atoms with Gasteiger partial charge in [-0.25, -0.2) is 4.39 Å². The molecule has 0 spiro atoms. The van der Waals surface area contributed by atoms with Gasteiger partial charge in [0.2, 0.25) is 0 Å². The van der Waals surface area contributed by atoms with Gasteiger partial charge in [-0.3, -0.25) is 0 Å². The first-order valence-corrected chi connectivity index (χ1v) is 9.15. The minimum Gasteiger partial charge on any atom is -0.206 e. The fraction of sp³-hybridized carbons (Fsp3) is 0.391. The van der Waals surface area contributed by atoms with E-state index in [1.807, 2.05) is 12.1 Å². The van der Waals surface area contributed by atoms with Crippen LogP contribution in [0.25, 0.3) is 0 Å². The first-order chi connectivity index (χ1) is 11.8. The zero-order chi connectivity index (χ0) is 17.0. The molecule has 0 bridgehead atoms. The Morgan fingerprint density at radius 3 is 2.12 bits per heavy atom. The van der Waals surface area contributed by atoms with Crippen LogP contribution < -0.4 is 0 Å². The van der Waals surface area contributed by atoms with Gasteiger partial charge < -0.3 is 0 Å². The predicted octanol–water partition coefficient (Wildman–Crippen LogP) is 6.52. The number of benzene rings is 2. The van der Waals surface area contributed by atoms with E-state index >= 15 is 0 Å². The number of halogens is 1. The summed E-state index contributed by atoms with van der Waals surface area (Å²) in [6, 6.07) is 15.0. The number of rotatable bonds is 8. The normalized spacial score (nSPS) is 10.2. The largest absolute Gasteiger partial charge is 0.206 e. The lowest BCUT2D eigenvalue weighted by atomic mass is 10.0. The first kappa shape index (κ1) is 18.3. The van der Waals surface area contributed by atoms with Crippen LogP contribution in [-0.2, 0) is 6.42 Å². The van der Waals surface area contributed by atoms with Crippen molar-refractivity contribution in [1.29, 1.82) is 0 Å². The number of unbranched alkanes of at least 4 members (excludes halogenated alkanes) is 6. The first-order valence-electron chi connectivity index (χ1n) is 9.15. The van der Waals surface area contributed by atoms with E-state index in [1.54, 1.807) is 18.2 Å². The molecular formula is C23H27F. The Morgan fingerprint density at radius 2 is 1.42 bits per heavy atom. The molecule has 0 saturated carbocycles. The third-order valence-electron chi connectivity index (χ3n) is 4.24. The fourth-order valence-corrected chi connectivity index (χ4v) is 2.74. The van der Waals surface area contributed by atoms with Crippen LogP contribution in [0.5, 0.6) is 0 Å². The molecule has 0 aromatic heterocycles. The summed E-state index contributed by atoms with van der Waals surface area (Å²) in [7, 11) is 0. The molecule has 2 aromatic carbocycles. The third kappa shape index (κ3) is 6.59. The Kier molecular flexibility index (Phi) is 8.11. The van der Waals surface area contributed by atoms with E-state index in [9.17, 15) is 4.39 Å². The molecule has 0 aliphatic rings. The van der Waals surface area contributed by atoms with Gasteiger partial charge >= 0.3 is 0 Å². The van der Waals surface area contributed by atoms with Crippen molar-refractivity contribution in [2.75, 3.05) is 0 Å². The Morgan fingerprint density at radius 1 is 0.750 bits per heavy atom. The molecule has 126 valence electrons. The van der Waals surface area contributed by atoms with E-state index in [4.69, 9.17) is 0 Å². The van der Waals surface area contributed by atoms with Crippen molar-refractivity contribution in [3.05, 3.63) is 71.0 Å². The summed E-state index contributed by atoms with van der Waals surface area (Å²) in [5.74, 6) is 5.67. The molecular weight excluding hydrogens is 295 g/mol. The smallest absolute Gasteiger partial charge is 0.138 e. The quantitative estimate of drug-likeness (QED) is 0.383. The van der Waals surface area contributed by atoms with Crippen LogP contribution in [0.2, 0.25) is 0 Å². The highest BCUT2D eigenvalue weighted by Gasteiger charge is 1.97. The van der Waals surface area contributed by atoms with Crippen LogP contribution >= 0.6 is 0 Å². The second-order valence-corrected chi connectivity index (χ2v) is 6.30. The van der Waals surface area contributed by atoms with E-state index in [2.05, 4.69) is 30.9 Å². The van der Waals surface area contributed by atoms with Gasteiger partial charge in [-0.2, -0.15) is 0 Å². The monoisotopic (exact) mass is 322 g/mol. The fourth-order valence-electron chi connectivity index (χ4n) is 2.74. The minimum atomic E-state index is -0.263. The summed E-state index contributed by atoms with van der Waals surface area (Å²) < 4.78 is 13.5. The summed E-state index contributed by atoms with van der Waals surface area (Å²) in [6.07, 6.45) is 10.5. The molecule has 24 heavy (non-hydrogen) atoms. The number of aryl methyl sites for hydroxylation is 1. The van der Waals surface area contributed by atoms with Crippen LogP contribution in [0.1, 0.15) is 68.6 Å². The molecule has 0 aliphatic carbocycles. The molecule has 2 rings (SSSR count). The maximum Gasteiger partial charge on any atom is 0.138 e. The van der Waals surface area contributed by atoms with Gasteiger partial charge in [0.15, 0.2) is 0 Å². The Labute approximate surface area is 146 Å². The highest BCUT2D eigenvalue weighted by molar-refractivity contribution is 5.43. The topological polar surface area (TPSA) is 0 Å². The molecule has 0 N–H and O–H groups in total. The molecule has 0 aliphatic heterocycles. The van der Waals surface area contributed by atoms with Crippen LogP contribution in [0.15, 0.2) is 48.5 Å². The molecule has 0 radical (unpaired) electrons. The molecule has 0 heterocycles. The molecule has 1 heteroatoms. The molecule has 0 atom stereocenters. The second kappa shape index (κ2) is 10.7. The standard InChI is InChI=1S/C23H27F/c1-2-3-4-5-6-7-8-11-20-14-16-21(17-15-20)18-19-22-12-9-10-13-23(22)24/h9-10,12-17H,2-8,11H2,1H3. The molecule has 0 nitrogen and oxygen atoms in total. The van der Waals surface area contributed by atoms with E-state index in [0.29, 0.717) is 5.56 Å². The number of hydrogen-bond donors (Lipinski definition) is 0. The molecule has 0 unspecified atom stereocenters. The lowest BCUT2D eigenvalue weighted by Gasteiger charge is -2.02. The lowest BCUT2D eigenvalue weighted by molar-refractivity contribution is 0.589. The van der Waals surface area contributed by atoms with Gasteiger partial charge in [0, 0.05) is 5.56 Å². The van der Waals surface area contributed by atoms with E-state index in [-0.39, 0.29) is 5.82 Å². The highest BCUT2D eigenvalue weighted by Crippen LogP contribution is 2.12. The Balaban J connectivity index is 1.76. The van der Waals surface area contributed by atoms with Gasteiger partial charge in [-0.1, -0.05) is 81.6 Å².